The van der Waals surface area contributed by atoms with Gasteiger partial charge >= 0.3 is 5.88 Å². The van der Waals surface area contributed by atoms with E-state index in [-0.39, 0.29) is 18.4 Å². The van der Waals surface area contributed by atoms with Gasteiger partial charge in [-0.2, -0.15) is 0 Å². The zero-order chi connectivity index (χ0) is 12.4. The van der Waals surface area contributed by atoms with E-state index in [9.17, 15) is 10.1 Å². The third-order valence-electron chi connectivity index (χ3n) is 2.10. The van der Waals surface area contributed by atoms with Crippen molar-refractivity contribution < 1.29 is 14.4 Å². The molecule has 0 saturated heterocycles. The number of nitrogens with one attached hydrogen (secondary N) is 1. The van der Waals surface area contributed by atoms with Crippen LogP contribution in [0.3, 0.4) is 0 Å². The monoisotopic (exact) mass is 239 g/mol. The number of nitro groups is 1. The maximum absolute atomic E-state index is 10.5. The van der Waals surface area contributed by atoms with Crippen LogP contribution in [-0.4, -0.2) is 31.5 Å². The van der Waals surface area contributed by atoms with E-state index in [0.29, 0.717) is 11.8 Å². The van der Waals surface area contributed by atoms with E-state index in [1.165, 1.54) is 16.7 Å². The van der Waals surface area contributed by atoms with Crippen molar-refractivity contribution in [3.8, 4) is 11.6 Å². The number of hydrogen-bond acceptors (Lipinski definition) is 7. The summed E-state index contributed by atoms with van der Waals surface area (Å²) in [6.45, 7) is -0.287. The fraction of sp³-hybridized carbons (Fsp3) is 0.250. The lowest BCUT2D eigenvalue weighted by Crippen LogP contribution is -2.05. The molecular formula is C8H9N5O4. The van der Waals surface area contributed by atoms with Gasteiger partial charge in [0.2, 0.25) is 11.8 Å². The van der Waals surface area contributed by atoms with Crippen LogP contribution in [0.1, 0.15) is 0 Å². The molecule has 0 fully saturated rings. The van der Waals surface area contributed by atoms with E-state index in [0.717, 1.165) is 0 Å². The van der Waals surface area contributed by atoms with Crippen LogP contribution in [0.2, 0.25) is 0 Å². The second-order valence-electron chi connectivity index (χ2n) is 3.14. The molecule has 0 spiro atoms. The predicted molar refractivity (Wildman–Crippen MR) is 56.1 cm³/mol. The fourth-order valence-electron chi connectivity index (χ4n) is 1.31. The first-order valence-electron chi connectivity index (χ1n) is 4.62. The highest BCUT2D eigenvalue weighted by atomic mass is 16.6. The largest absolute Gasteiger partial charge is 0.433 e. The second-order valence-corrected chi connectivity index (χ2v) is 3.14. The van der Waals surface area contributed by atoms with Crippen molar-refractivity contribution in [2.24, 2.45) is 7.05 Å². The molecule has 2 aromatic rings. The summed E-state index contributed by atoms with van der Waals surface area (Å²) >= 11 is 0. The van der Waals surface area contributed by atoms with Gasteiger partial charge in [0.05, 0.1) is 6.07 Å². The number of hydrogen-bond donors (Lipinski definition) is 2. The molecule has 2 rings (SSSR count). The fourth-order valence-corrected chi connectivity index (χ4v) is 1.31. The molecule has 2 aromatic heterocycles. The molecule has 0 aliphatic heterocycles. The van der Waals surface area contributed by atoms with E-state index < -0.39 is 4.92 Å². The van der Waals surface area contributed by atoms with Crippen LogP contribution in [0.15, 0.2) is 16.5 Å². The van der Waals surface area contributed by atoms with Crippen LogP contribution in [0.4, 0.5) is 11.8 Å². The van der Waals surface area contributed by atoms with Crippen LogP contribution in [-0.2, 0) is 7.05 Å². The predicted octanol–water partition coefficient (Wildman–Crippen LogP) is 0.345. The van der Waals surface area contributed by atoms with Gasteiger partial charge in [-0.25, -0.2) is 0 Å². The summed E-state index contributed by atoms with van der Waals surface area (Å²) < 4.78 is 6.50. The SMILES string of the molecule is Cn1c(NCO)nnc1-c1ccc([N+](=O)[O-])o1. The molecule has 0 unspecified atom stereocenters. The summed E-state index contributed by atoms with van der Waals surface area (Å²) in [5.41, 5.74) is 0. The van der Waals surface area contributed by atoms with Crippen molar-refractivity contribution in [2.75, 3.05) is 12.0 Å². The molecule has 2 heterocycles. The second kappa shape index (κ2) is 4.22. The van der Waals surface area contributed by atoms with Crippen molar-refractivity contribution in [1.82, 2.24) is 14.8 Å². The summed E-state index contributed by atoms with van der Waals surface area (Å²) in [4.78, 5) is 9.83. The van der Waals surface area contributed by atoms with Gasteiger partial charge in [0.15, 0.2) is 5.76 Å². The van der Waals surface area contributed by atoms with E-state index in [1.54, 1.807) is 7.05 Å². The van der Waals surface area contributed by atoms with Crippen LogP contribution < -0.4 is 5.32 Å². The molecule has 9 nitrogen and oxygen atoms in total. The van der Waals surface area contributed by atoms with Gasteiger partial charge in [-0.3, -0.25) is 14.7 Å². The number of nitrogens with zero attached hydrogens (tertiary/aromatic N) is 4. The number of aliphatic hydroxyl groups excluding tert-OH is 1. The van der Waals surface area contributed by atoms with Gasteiger partial charge in [-0.15, -0.1) is 10.2 Å². The zero-order valence-electron chi connectivity index (χ0n) is 8.82. The molecule has 90 valence electrons. The molecule has 17 heavy (non-hydrogen) atoms. The molecule has 2 N–H and O–H groups in total. The number of furan rings is 1. The molecule has 0 aliphatic rings. The van der Waals surface area contributed by atoms with E-state index in [4.69, 9.17) is 9.52 Å². The molecule has 0 aromatic carbocycles. The molecular weight excluding hydrogens is 230 g/mol. The lowest BCUT2D eigenvalue weighted by atomic mass is 10.4. The molecule has 0 radical (unpaired) electrons. The Labute approximate surface area is 94.8 Å². The Morgan fingerprint density at radius 1 is 1.59 bits per heavy atom. The summed E-state index contributed by atoms with van der Waals surface area (Å²) in [5, 5.41) is 29.3. The van der Waals surface area contributed by atoms with Crippen LogP contribution >= 0.6 is 0 Å². The number of anilines is 1. The Balaban J connectivity index is 2.35. The van der Waals surface area contributed by atoms with Crippen molar-refractivity contribution in [1.29, 1.82) is 0 Å². The number of rotatable bonds is 4. The lowest BCUT2D eigenvalue weighted by Gasteiger charge is -2.01. The Morgan fingerprint density at radius 3 is 2.94 bits per heavy atom. The first kappa shape index (κ1) is 11.1. The Morgan fingerprint density at radius 2 is 2.35 bits per heavy atom. The van der Waals surface area contributed by atoms with E-state index in [1.807, 2.05) is 0 Å². The smallest absolute Gasteiger partial charge is 0.397 e. The topological polar surface area (TPSA) is 119 Å². The highest BCUT2D eigenvalue weighted by molar-refractivity contribution is 5.52. The zero-order valence-corrected chi connectivity index (χ0v) is 8.82. The summed E-state index contributed by atoms with van der Waals surface area (Å²) in [7, 11) is 1.64. The van der Waals surface area contributed by atoms with Crippen molar-refractivity contribution in [3.63, 3.8) is 0 Å². The summed E-state index contributed by atoms with van der Waals surface area (Å²) in [6, 6.07) is 2.67. The number of aliphatic hydroxyl groups is 1. The molecule has 0 atom stereocenters. The Hall–Kier alpha value is -2.42. The normalized spacial score (nSPS) is 10.5. The third kappa shape index (κ3) is 1.95. The minimum Gasteiger partial charge on any atom is -0.397 e. The van der Waals surface area contributed by atoms with Gasteiger partial charge < -0.3 is 14.8 Å². The van der Waals surface area contributed by atoms with Gasteiger partial charge in [0.1, 0.15) is 11.7 Å². The van der Waals surface area contributed by atoms with Crippen molar-refractivity contribution in [3.05, 3.63) is 22.2 Å². The minimum absolute atomic E-state index is 0.234. The summed E-state index contributed by atoms with van der Waals surface area (Å²) in [6.07, 6.45) is 0. The van der Waals surface area contributed by atoms with E-state index >= 15 is 0 Å². The molecule has 0 amide bonds. The molecule has 0 saturated carbocycles. The maximum Gasteiger partial charge on any atom is 0.433 e. The van der Waals surface area contributed by atoms with Gasteiger partial charge in [-0.1, -0.05) is 0 Å². The minimum atomic E-state index is -0.632. The molecule has 9 heteroatoms. The van der Waals surface area contributed by atoms with Gasteiger partial charge in [0.25, 0.3) is 0 Å². The highest BCUT2D eigenvalue weighted by Crippen LogP contribution is 2.25. The standard InChI is InChI=1S/C8H9N5O4/c1-12-7(10-11-8(12)9-4-14)5-2-3-6(17-5)13(15)16/h2-3,14H,4H2,1H3,(H,9,11). The first-order chi connectivity index (χ1) is 8.13. The third-order valence-corrected chi connectivity index (χ3v) is 2.10. The molecule has 0 aliphatic carbocycles. The van der Waals surface area contributed by atoms with Gasteiger partial charge in [0, 0.05) is 7.05 Å². The van der Waals surface area contributed by atoms with Gasteiger partial charge in [-0.05, 0) is 6.07 Å². The van der Waals surface area contributed by atoms with Crippen molar-refractivity contribution >= 4 is 11.8 Å². The highest BCUT2D eigenvalue weighted by Gasteiger charge is 2.18. The first-order valence-corrected chi connectivity index (χ1v) is 4.62. The quantitative estimate of drug-likeness (QED) is 0.448. The van der Waals surface area contributed by atoms with Crippen molar-refractivity contribution in [2.45, 2.75) is 0 Å². The lowest BCUT2D eigenvalue weighted by molar-refractivity contribution is -0.401. The van der Waals surface area contributed by atoms with Crippen LogP contribution in [0.5, 0.6) is 0 Å². The summed E-state index contributed by atoms with van der Waals surface area (Å²) in [5.74, 6) is 0.535. The van der Waals surface area contributed by atoms with Crippen LogP contribution in [0.25, 0.3) is 11.6 Å². The average Bonchev–Trinajstić information content (AvgIpc) is 2.87. The Kier molecular flexibility index (Phi) is 2.75. The maximum atomic E-state index is 10.5. The Bertz CT molecular complexity index is 546. The average molecular weight is 239 g/mol. The molecule has 0 bridgehead atoms. The van der Waals surface area contributed by atoms with E-state index in [2.05, 4.69) is 15.5 Å². The van der Waals surface area contributed by atoms with Crippen LogP contribution in [0, 0.1) is 10.1 Å². The number of aromatic nitrogens is 3.